The van der Waals surface area contributed by atoms with E-state index in [-0.39, 0.29) is 51.4 Å². The van der Waals surface area contributed by atoms with Crippen LogP contribution in [0.1, 0.15) is 20.7 Å². The number of amides is 1. The molecule has 0 heterocycles. The average Bonchev–Trinajstić information content (AvgIpc) is 2.16. The molecule has 1 radical (unpaired) electrons. The molecule has 0 atom stereocenters. The van der Waals surface area contributed by atoms with Crippen molar-refractivity contribution in [3.63, 3.8) is 0 Å². The van der Waals surface area contributed by atoms with Gasteiger partial charge in [0.05, 0.1) is 10.5 Å². The molecule has 0 aromatic heterocycles. The van der Waals surface area contributed by atoms with Gasteiger partial charge in [-0.15, -0.1) is 0 Å². The quantitative estimate of drug-likeness (QED) is 0.443. The van der Waals surface area contributed by atoms with Gasteiger partial charge in [0, 0.05) is 57.5 Å². The molecule has 0 bridgehead atoms. The Morgan fingerprint density at radius 2 is 1.94 bits per heavy atom. The van der Waals surface area contributed by atoms with E-state index >= 15 is 0 Å². The number of carbonyl (C=O) groups is 2. The molecular formula is C8H6KN2O5. The Hall–Kier alpha value is -0.804. The van der Waals surface area contributed by atoms with Crippen molar-refractivity contribution in [3.05, 3.63) is 39.4 Å². The van der Waals surface area contributed by atoms with Crippen molar-refractivity contribution in [3.8, 4) is 0 Å². The summed E-state index contributed by atoms with van der Waals surface area (Å²) in [4.78, 5) is 31.2. The van der Waals surface area contributed by atoms with Gasteiger partial charge in [0.1, 0.15) is 5.56 Å². The molecule has 1 amide bonds. The van der Waals surface area contributed by atoms with Crippen LogP contribution in [0.25, 0.3) is 0 Å². The number of hydrogen-bond acceptors (Lipinski definition) is 4. The van der Waals surface area contributed by atoms with E-state index in [1.54, 1.807) is 0 Å². The molecule has 0 spiro atoms. The van der Waals surface area contributed by atoms with Crippen LogP contribution in [-0.2, 0) is 0 Å². The zero-order valence-corrected chi connectivity index (χ0v) is 11.5. The number of hydrogen-bond donors (Lipinski definition) is 2. The normalized spacial score (nSPS) is 9.00. The Balaban J connectivity index is 0.00000225. The Morgan fingerprint density at radius 3 is 2.31 bits per heavy atom. The fourth-order valence-corrected chi connectivity index (χ4v) is 1.13. The molecule has 1 rings (SSSR count). The number of rotatable bonds is 3. The smallest absolute Gasteiger partial charge is 0.336 e. The van der Waals surface area contributed by atoms with Gasteiger partial charge in [-0.25, -0.2) is 4.79 Å². The van der Waals surface area contributed by atoms with Crippen LogP contribution < -0.4 is 5.73 Å². The number of benzene rings is 1. The molecule has 0 saturated carbocycles. The Bertz CT molecular complexity index is 427. The minimum atomic E-state index is -1.44. The number of nitrogens with zero attached hydrogens (tertiary/aromatic N) is 1. The summed E-state index contributed by atoms with van der Waals surface area (Å²) in [6.07, 6.45) is 0. The third-order valence-corrected chi connectivity index (χ3v) is 1.72. The van der Waals surface area contributed by atoms with E-state index in [2.05, 4.69) is 0 Å². The Kier molecular flexibility index (Phi) is 5.76. The maximum Gasteiger partial charge on any atom is 0.336 e. The van der Waals surface area contributed by atoms with Crippen molar-refractivity contribution in [2.45, 2.75) is 0 Å². The summed E-state index contributed by atoms with van der Waals surface area (Å²) in [5.41, 5.74) is 3.21. The summed E-state index contributed by atoms with van der Waals surface area (Å²) < 4.78 is 0. The minimum absolute atomic E-state index is 0. The molecule has 3 N–H and O–H groups in total. The molecule has 0 aliphatic heterocycles. The minimum Gasteiger partial charge on any atom is -0.478 e. The molecule has 8 heteroatoms. The predicted octanol–water partition coefficient (Wildman–Crippen LogP) is 0.0111. The maximum atomic E-state index is 10.9. The van der Waals surface area contributed by atoms with E-state index in [9.17, 15) is 19.7 Å². The van der Waals surface area contributed by atoms with E-state index in [0.717, 1.165) is 12.1 Å². The molecule has 0 fully saturated rings. The van der Waals surface area contributed by atoms with Gasteiger partial charge in [0.15, 0.2) is 0 Å². The first kappa shape index (κ1) is 15.2. The number of nitrogens with two attached hydrogens (primary N) is 1. The second-order valence-corrected chi connectivity index (χ2v) is 2.63. The first-order valence-corrected chi connectivity index (χ1v) is 3.75. The zero-order valence-electron chi connectivity index (χ0n) is 8.34. The van der Waals surface area contributed by atoms with E-state index in [4.69, 9.17) is 10.8 Å². The van der Waals surface area contributed by atoms with Crippen LogP contribution in [0.5, 0.6) is 0 Å². The van der Waals surface area contributed by atoms with Crippen LogP contribution >= 0.6 is 0 Å². The first-order chi connectivity index (χ1) is 6.95. The second-order valence-electron chi connectivity index (χ2n) is 2.63. The molecule has 0 aliphatic carbocycles. The Labute approximate surface area is 132 Å². The van der Waals surface area contributed by atoms with Gasteiger partial charge in [0.2, 0.25) is 0 Å². The zero-order chi connectivity index (χ0) is 11.6. The summed E-state index contributed by atoms with van der Waals surface area (Å²) in [7, 11) is 0. The molecule has 7 nitrogen and oxygen atoms in total. The average molecular weight is 249 g/mol. The van der Waals surface area contributed by atoms with Gasteiger partial charge < -0.3 is 10.8 Å². The molecule has 0 unspecified atom stereocenters. The summed E-state index contributed by atoms with van der Waals surface area (Å²) in [6.45, 7) is 0. The third-order valence-electron chi connectivity index (χ3n) is 1.72. The number of carboxylic acid groups (broad SMARTS) is 1. The molecular weight excluding hydrogens is 243 g/mol. The fraction of sp³-hybridized carbons (Fsp3) is 0. The number of carboxylic acids is 1. The van der Waals surface area contributed by atoms with Crippen molar-refractivity contribution < 1.29 is 19.6 Å². The summed E-state index contributed by atoms with van der Waals surface area (Å²) in [6, 6.07) is 3.27. The van der Waals surface area contributed by atoms with E-state index in [0.29, 0.717) is 0 Å². The molecule has 1 aromatic rings. The molecule has 0 aliphatic rings. The van der Waals surface area contributed by atoms with Crippen molar-refractivity contribution in [2.75, 3.05) is 0 Å². The van der Waals surface area contributed by atoms with Crippen LogP contribution in [0.4, 0.5) is 5.69 Å². The Morgan fingerprint density at radius 1 is 1.38 bits per heavy atom. The van der Waals surface area contributed by atoms with Gasteiger partial charge in [0.25, 0.3) is 11.6 Å². The van der Waals surface area contributed by atoms with E-state index < -0.39 is 33.6 Å². The van der Waals surface area contributed by atoms with E-state index in [1.807, 2.05) is 0 Å². The third kappa shape index (κ3) is 3.09. The van der Waals surface area contributed by atoms with Crippen molar-refractivity contribution in [1.82, 2.24) is 0 Å². The number of primary amides is 1. The molecule has 16 heavy (non-hydrogen) atoms. The van der Waals surface area contributed by atoms with Crippen molar-refractivity contribution in [2.24, 2.45) is 5.73 Å². The fourth-order valence-electron chi connectivity index (χ4n) is 1.13. The summed E-state index contributed by atoms with van der Waals surface area (Å²) in [5, 5.41) is 19.2. The number of carbonyl (C=O) groups excluding carboxylic acids is 1. The van der Waals surface area contributed by atoms with Crippen molar-refractivity contribution in [1.29, 1.82) is 0 Å². The van der Waals surface area contributed by atoms with Crippen LogP contribution in [0, 0.1) is 10.1 Å². The van der Waals surface area contributed by atoms with Crippen LogP contribution in [0.2, 0.25) is 0 Å². The standard InChI is InChI=1S/C8H6N2O5.K/c9-7(11)6-4(8(12)13)2-1-3-5(6)10(14)15;/h1-3H,(H2,9,11)(H,12,13);. The first-order valence-electron chi connectivity index (χ1n) is 3.75. The number of nitro groups is 1. The topological polar surface area (TPSA) is 124 Å². The van der Waals surface area contributed by atoms with Crippen LogP contribution in [-0.4, -0.2) is 73.3 Å². The van der Waals surface area contributed by atoms with Gasteiger partial charge >= 0.3 is 5.97 Å². The SMILES string of the molecule is NC(=O)c1c(C(=O)O)cccc1[N+](=O)[O-].[K]. The van der Waals surface area contributed by atoms with E-state index in [1.165, 1.54) is 6.07 Å². The van der Waals surface area contributed by atoms with Gasteiger partial charge in [-0.3, -0.25) is 14.9 Å². The molecule has 1 aromatic carbocycles. The predicted molar refractivity (Wildman–Crippen MR) is 54.3 cm³/mol. The molecule has 79 valence electrons. The van der Waals surface area contributed by atoms with Gasteiger partial charge in [-0.05, 0) is 6.07 Å². The summed E-state index contributed by atoms with van der Waals surface area (Å²) >= 11 is 0. The molecule has 0 saturated heterocycles. The second kappa shape index (κ2) is 6.06. The van der Waals surface area contributed by atoms with Crippen molar-refractivity contribution >= 4 is 68.9 Å². The number of aromatic carboxylic acids is 1. The van der Waals surface area contributed by atoms with Crippen LogP contribution in [0.15, 0.2) is 18.2 Å². The maximum absolute atomic E-state index is 10.9. The van der Waals surface area contributed by atoms with Gasteiger partial charge in [-0.2, -0.15) is 0 Å². The number of nitro benzene ring substituents is 1. The largest absolute Gasteiger partial charge is 0.478 e. The van der Waals surface area contributed by atoms with Gasteiger partial charge in [-0.1, -0.05) is 6.07 Å². The summed E-state index contributed by atoms with van der Waals surface area (Å²) in [5.74, 6) is -2.58. The monoisotopic (exact) mass is 249 g/mol. The van der Waals surface area contributed by atoms with Crippen LogP contribution in [0.3, 0.4) is 0 Å².